The first kappa shape index (κ1) is 29.3. The normalized spacial score (nSPS) is 30.3. The second kappa shape index (κ2) is 11.1. The number of allylic oxidation sites excluding steroid dienone is 2. The van der Waals surface area contributed by atoms with E-state index in [-0.39, 0.29) is 31.2 Å². The van der Waals surface area contributed by atoms with Crippen LogP contribution in [0.15, 0.2) is 36.2 Å². The van der Waals surface area contributed by atoms with Gasteiger partial charge in [-0.3, -0.25) is 4.79 Å². The molecule has 1 aromatic rings. The van der Waals surface area contributed by atoms with E-state index in [1.165, 1.54) is 5.70 Å². The molecule has 1 aromatic heterocycles. The predicted molar refractivity (Wildman–Crippen MR) is 155 cm³/mol. The lowest BCUT2D eigenvalue weighted by Gasteiger charge is -2.48. The minimum absolute atomic E-state index is 0.0263. The summed E-state index contributed by atoms with van der Waals surface area (Å²) in [5.41, 5.74) is 0.851. The highest BCUT2D eigenvalue weighted by Crippen LogP contribution is 2.67. The molecular weight excluding hydrogens is 543 g/mol. The standard InChI is InChI=1S/C32H44F3N5O2/c1-4-24-20-38(29(41)30-10-12-31(22-30,13-11-30)32(33,34)35)15-16-40(24)25-8-9-27(26-7-6-14-36-28(26)42-5-2)39(21-25)19-23-17-37(3)18-23/h6-9,14,23-24H,4-5,10-13,15-22H2,1-3H3/t24-,30?,31?/m1/s1. The summed E-state index contributed by atoms with van der Waals surface area (Å²) in [6, 6.07) is 4.15. The average molecular weight is 588 g/mol. The topological polar surface area (TPSA) is 52.2 Å². The van der Waals surface area contributed by atoms with Crippen LogP contribution in [0.5, 0.6) is 5.88 Å². The van der Waals surface area contributed by atoms with E-state index in [9.17, 15) is 18.0 Å². The summed E-state index contributed by atoms with van der Waals surface area (Å²) < 4.78 is 47.5. The minimum atomic E-state index is -4.23. The highest BCUT2D eigenvalue weighted by molar-refractivity contribution is 5.84. The van der Waals surface area contributed by atoms with E-state index in [2.05, 4.69) is 51.9 Å². The second-order valence-corrected chi connectivity index (χ2v) is 13.2. The van der Waals surface area contributed by atoms with E-state index in [4.69, 9.17) is 4.74 Å². The zero-order valence-electron chi connectivity index (χ0n) is 25.1. The number of ether oxygens (including phenoxy) is 1. The molecule has 230 valence electrons. The van der Waals surface area contributed by atoms with Crippen molar-refractivity contribution < 1.29 is 22.7 Å². The van der Waals surface area contributed by atoms with Crippen LogP contribution in [0.3, 0.4) is 0 Å². The van der Waals surface area contributed by atoms with Gasteiger partial charge in [-0.15, -0.1) is 0 Å². The molecule has 0 N–H and O–H groups in total. The van der Waals surface area contributed by atoms with E-state index in [1.54, 1.807) is 6.20 Å². The molecule has 1 atom stereocenters. The molecule has 0 radical (unpaired) electrons. The van der Waals surface area contributed by atoms with Gasteiger partial charge in [-0.25, -0.2) is 4.98 Å². The van der Waals surface area contributed by atoms with Crippen molar-refractivity contribution in [3.63, 3.8) is 0 Å². The Bertz CT molecular complexity index is 1230. The fourth-order valence-corrected chi connectivity index (χ4v) is 8.30. The monoisotopic (exact) mass is 587 g/mol. The zero-order chi connectivity index (χ0) is 29.7. The molecule has 2 bridgehead atoms. The molecule has 1 amide bonds. The van der Waals surface area contributed by atoms with Crippen LogP contribution in [-0.2, 0) is 4.79 Å². The molecule has 0 spiro atoms. The number of halogens is 3. The van der Waals surface area contributed by atoms with Crippen LogP contribution in [0.25, 0.3) is 5.70 Å². The summed E-state index contributed by atoms with van der Waals surface area (Å²) in [4.78, 5) is 27.4. The van der Waals surface area contributed by atoms with Gasteiger partial charge in [0.05, 0.1) is 29.5 Å². The van der Waals surface area contributed by atoms with E-state index in [0.29, 0.717) is 50.9 Å². The SMILES string of the molecule is CCOc1ncccc1C1=CC=C(N2CCN(C(=O)C34CCC(C(F)(F)F)(CC3)C4)C[C@H]2CC)CN1CC1CN(C)C1. The molecule has 3 aliphatic heterocycles. The van der Waals surface area contributed by atoms with Gasteiger partial charge in [0.15, 0.2) is 0 Å². The van der Waals surface area contributed by atoms with Gasteiger partial charge >= 0.3 is 6.18 Å². The lowest BCUT2D eigenvalue weighted by molar-refractivity contribution is -0.220. The second-order valence-electron chi connectivity index (χ2n) is 13.2. The van der Waals surface area contributed by atoms with Gasteiger partial charge in [0.2, 0.25) is 11.8 Å². The highest BCUT2D eigenvalue weighted by Gasteiger charge is 2.68. The first-order chi connectivity index (χ1) is 20.1. The summed E-state index contributed by atoms with van der Waals surface area (Å²) in [6.07, 6.45) is 3.67. The molecule has 6 rings (SSSR count). The Balaban J connectivity index is 1.20. The van der Waals surface area contributed by atoms with Crippen molar-refractivity contribution in [2.24, 2.45) is 16.7 Å². The molecule has 10 heteroatoms. The summed E-state index contributed by atoms with van der Waals surface area (Å²) in [5, 5.41) is 0. The van der Waals surface area contributed by atoms with Crippen molar-refractivity contribution in [1.29, 1.82) is 0 Å². The Morgan fingerprint density at radius 1 is 1.10 bits per heavy atom. The Kier molecular flexibility index (Phi) is 7.73. The molecule has 0 aromatic carbocycles. The molecule has 4 heterocycles. The number of hydrogen-bond donors (Lipinski definition) is 0. The molecule has 5 aliphatic rings. The maximum absolute atomic E-state index is 13.9. The smallest absolute Gasteiger partial charge is 0.394 e. The van der Waals surface area contributed by atoms with Crippen molar-refractivity contribution >= 4 is 11.6 Å². The van der Waals surface area contributed by atoms with Gasteiger partial charge in [-0.2, -0.15) is 13.2 Å². The van der Waals surface area contributed by atoms with Gasteiger partial charge in [-0.05, 0) is 76.8 Å². The van der Waals surface area contributed by atoms with E-state index in [0.717, 1.165) is 43.9 Å². The predicted octanol–water partition coefficient (Wildman–Crippen LogP) is 5.02. The van der Waals surface area contributed by atoms with Crippen LogP contribution < -0.4 is 4.74 Å². The van der Waals surface area contributed by atoms with Crippen molar-refractivity contribution in [3.8, 4) is 5.88 Å². The Labute approximate surface area is 247 Å². The fraction of sp³-hybridized carbons (Fsp3) is 0.688. The van der Waals surface area contributed by atoms with Gasteiger partial charge in [0.1, 0.15) is 0 Å². The number of carbonyl (C=O) groups is 1. The molecule has 7 nitrogen and oxygen atoms in total. The van der Waals surface area contributed by atoms with E-state index >= 15 is 0 Å². The van der Waals surface area contributed by atoms with Crippen molar-refractivity contribution in [1.82, 2.24) is 24.6 Å². The maximum Gasteiger partial charge on any atom is 0.394 e. The zero-order valence-corrected chi connectivity index (χ0v) is 25.1. The molecule has 0 unspecified atom stereocenters. The van der Waals surface area contributed by atoms with Crippen LogP contribution in [0, 0.1) is 16.7 Å². The van der Waals surface area contributed by atoms with Crippen molar-refractivity contribution in [3.05, 3.63) is 41.7 Å². The summed E-state index contributed by atoms with van der Waals surface area (Å²) in [5.74, 6) is 1.19. The molecular formula is C32H44F3N5O2. The quantitative estimate of drug-likeness (QED) is 0.426. The van der Waals surface area contributed by atoms with Gasteiger partial charge in [-0.1, -0.05) is 6.92 Å². The average Bonchev–Trinajstić information content (AvgIpc) is 3.56. The molecule has 2 saturated carbocycles. The van der Waals surface area contributed by atoms with Crippen molar-refractivity contribution in [2.45, 2.75) is 64.6 Å². The highest BCUT2D eigenvalue weighted by atomic mass is 19.4. The summed E-state index contributed by atoms with van der Waals surface area (Å²) in [7, 11) is 2.15. The van der Waals surface area contributed by atoms with Gasteiger partial charge in [0.25, 0.3) is 0 Å². The van der Waals surface area contributed by atoms with Crippen LogP contribution in [0.4, 0.5) is 13.2 Å². The number of rotatable bonds is 8. The van der Waals surface area contributed by atoms with Crippen LogP contribution in [-0.4, -0.2) is 102 Å². The third-order valence-electron chi connectivity index (χ3n) is 10.6. The van der Waals surface area contributed by atoms with Gasteiger partial charge < -0.3 is 24.3 Å². The number of hydrogen-bond acceptors (Lipinski definition) is 6. The largest absolute Gasteiger partial charge is 0.477 e. The lowest BCUT2D eigenvalue weighted by atomic mass is 9.81. The minimum Gasteiger partial charge on any atom is -0.477 e. The Morgan fingerprint density at radius 2 is 1.86 bits per heavy atom. The third-order valence-corrected chi connectivity index (χ3v) is 10.6. The molecule has 4 fully saturated rings. The fourth-order valence-electron chi connectivity index (χ4n) is 8.30. The van der Waals surface area contributed by atoms with Crippen molar-refractivity contribution in [2.75, 3.05) is 59.5 Å². The Hall–Kier alpha value is -2.75. The number of likely N-dealkylation sites (tertiary alicyclic amines) is 1. The van der Waals surface area contributed by atoms with Crippen LogP contribution in [0.2, 0.25) is 0 Å². The summed E-state index contributed by atoms with van der Waals surface area (Å²) in [6.45, 7) is 10.3. The van der Waals surface area contributed by atoms with Crippen LogP contribution >= 0.6 is 0 Å². The maximum atomic E-state index is 13.9. The number of pyridine rings is 1. The molecule has 42 heavy (non-hydrogen) atoms. The van der Waals surface area contributed by atoms with Gasteiger partial charge in [0, 0.05) is 68.8 Å². The number of carbonyl (C=O) groups excluding carboxylic acids is 1. The first-order valence-corrected chi connectivity index (χ1v) is 15.6. The van der Waals surface area contributed by atoms with E-state index in [1.807, 2.05) is 17.9 Å². The lowest BCUT2D eigenvalue weighted by Crippen LogP contribution is -2.57. The number of fused-ring (bicyclic) bond motifs is 2. The number of alkyl halides is 3. The third kappa shape index (κ3) is 5.07. The molecule has 2 saturated heterocycles. The Morgan fingerprint density at radius 3 is 2.50 bits per heavy atom. The first-order valence-electron chi connectivity index (χ1n) is 15.6. The van der Waals surface area contributed by atoms with E-state index < -0.39 is 17.0 Å². The number of piperazine rings is 1. The summed E-state index contributed by atoms with van der Waals surface area (Å²) >= 11 is 0. The number of nitrogens with zero attached hydrogens (tertiary/aromatic N) is 5. The molecule has 2 aliphatic carbocycles. The number of amides is 1. The number of aromatic nitrogens is 1. The van der Waals surface area contributed by atoms with Crippen LogP contribution in [0.1, 0.15) is 57.9 Å².